The zero-order valence-corrected chi connectivity index (χ0v) is 19.3. The highest BCUT2D eigenvalue weighted by Gasteiger charge is 2.25. The number of anilines is 1. The summed E-state index contributed by atoms with van der Waals surface area (Å²) in [6, 6.07) is 0. The van der Waals surface area contributed by atoms with E-state index in [0.717, 1.165) is 49.1 Å². The largest absolute Gasteiger partial charge is 0.396 e. The fraction of sp³-hybridized carbons (Fsp3) is 0.765. The second-order valence-electron chi connectivity index (χ2n) is 6.25. The first-order valence-electron chi connectivity index (χ1n) is 8.75. The third-order valence-electron chi connectivity index (χ3n) is 4.44. The Hall–Kier alpha value is -0.610. The van der Waals surface area contributed by atoms with E-state index in [0.29, 0.717) is 6.54 Å². The Morgan fingerprint density at radius 1 is 1.28 bits per heavy atom. The van der Waals surface area contributed by atoms with Crippen molar-refractivity contribution in [1.29, 1.82) is 0 Å². The maximum Gasteiger partial charge on any atom is 0.191 e. The summed E-state index contributed by atoms with van der Waals surface area (Å²) < 4.78 is 0. The van der Waals surface area contributed by atoms with Gasteiger partial charge in [0.15, 0.2) is 11.1 Å². The van der Waals surface area contributed by atoms with Crippen molar-refractivity contribution in [1.82, 2.24) is 15.6 Å². The van der Waals surface area contributed by atoms with Crippen molar-refractivity contribution >= 4 is 46.4 Å². The molecule has 146 valence electrons. The highest BCUT2D eigenvalue weighted by atomic mass is 127. The van der Waals surface area contributed by atoms with Crippen molar-refractivity contribution in [3.63, 3.8) is 0 Å². The lowest BCUT2D eigenvalue weighted by atomic mass is 9.79. The van der Waals surface area contributed by atoms with E-state index < -0.39 is 0 Å². The SMILES string of the molecule is CCNC(=NCc1csc(N(C)C)n1)NCC(CC)(CC)CCO.I. The molecule has 0 radical (unpaired) electrons. The van der Waals surface area contributed by atoms with Gasteiger partial charge in [0, 0.05) is 39.2 Å². The standard InChI is InChI=1S/C17H33N5OS.HI/c1-6-17(7-2,9-10-23)13-20-15(18-8-3)19-11-14-12-24-16(21-14)22(4)5;/h12,23H,6-11,13H2,1-5H3,(H2,18,19,20);1H. The van der Waals surface area contributed by atoms with Crippen LogP contribution in [0.2, 0.25) is 0 Å². The first-order valence-corrected chi connectivity index (χ1v) is 9.63. The Balaban J connectivity index is 0.00000576. The summed E-state index contributed by atoms with van der Waals surface area (Å²) in [7, 11) is 3.99. The van der Waals surface area contributed by atoms with Crippen molar-refractivity contribution in [3.05, 3.63) is 11.1 Å². The summed E-state index contributed by atoms with van der Waals surface area (Å²) in [6.07, 6.45) is 2.88. The molecule has 0 atom stereocenters. The Kier molecular flexibility index (Phi) is 12.4. The summed E-state index contributed by atoms with van der Waals surface area (Å²) in [5, 5.41) is 19.1. The topological polar surface area (TPSA) is 72.8 Å². The van der Waals surface area contributed by atoms with E-state index in [1.165, 1.54) is 0 Å². The fourth-order valence-electron chi connectivity index (χ4n) is 2.53. The van der Waals surface area contributed by atoms with Crippen molar-refractivity contribution in [2.45, 2.75) is 46.6 Å². The van der Waals surface area contributed by atoms with Crippen LogP contribution in [0.15, 0.2) is 10.4 Å². The smallest absolute Gasteiger partial charge is 0.191 e. The minimum atomic E-state index is 0. The average molecular weight is 483 g/mol. The predicted molar refractivity (Wildman–Crippen MR) is 119 cm³/mol. The van der Waals surface area contributed by atoms with E-state index >= 15 is 0 Å². The molecule has 1 heterocycles. The quantitative estimate of drug-likeness (QED) is 0.271. The number of aliphatic hydroxyl groups is 1. The molecule has 6 nitrogen and oxygen atoms in total. The second-order valence-corrected chi connectivity index (χ2v) is 7.08. The highest BCUT2D eigenvalue weighted by molar-refractivity contribution is 14.0. The van der Waals surface area contributed by atoms with Crippen LogP contribution in [0.5, 0.6) is 0 Å². The van der Waals surface area contributed by atoms with Crippen LogP contribution in [-0.2, 0) is 6.54 Å². The summed E-state index contributed by atoms with van der Waals surface area (Å²) >= 11 is 1.63. The van der Waals surface area contributed by atoms with Crippen LogP contribution in [-0.4, -0.2) is 49.8 Å². The number of nitrogens with zero attached hydrogens (tertiary/aromatic N) is 3. The Bertz CT molecular complexity index is 503. The maximum absolute atomic E-state index is 9.35. The van der Waals surface area contributed by atoms with Gasteiger partial charge in [-0.3, -0.25) is 0 Å². The number of aliphatic hydroxyl groups excluding tert-OH is 1. The predicted octanol–water partition coefficient (Wildman–Crippen LogP) is 3.07. The van der Waals surface area contributed by atoms with E-state index in [2.05, 4.69) is 46.8 Å². The molecule has 25 heavy (non-hydrogen) atoms. The zero-order valence-electron chi connectivity index (χ0n) is 16.1. The maximum atomic E-state index is 9.35. The number of halogens is 1. The molecule has 1 rings (SSSR count). The van der Waals surface area contributed by atoms with Gasteiger partial charge in [0.1, 0.15) is 0 Å². The summed E-state index contributed by atoms with van der Waals surface area (Å²) in [5.41, 5.74) is 1.09. The van der Waals surface area contributed by atoms with E-state index in [-0.39, 0.29) is 36.0 Å². The number of aromatic nitrogens is 1. The van der Waals surface area contributed by atoms with Gasteiger partial charge in [0.2, 0.25) is 0 Å². The van der Waals surface area contributed by atoms with Crippen LogP contribution in [0, 0.1) is 5.41 Å². The van der Waals surface area contributed by atoms with E-state index in [9.17, 15) is 5.11 Å². The molecule has 0 saturated carbocycles. The third-order valence-corrected chi connectivity index (χ3v) is 5.50. The lowest BCUT2D eigenvalue weighted by Gasteiger charge is -2.32. The molecule has 0 aliphatic rings. The molecule has 0 unspecified atom stereocenters. The lowest BCUT2D eigenvalue weighted by molar-refractivity contribution is 0.169. The fourth-order valence-corrected chi connectivity index (χ4v) is 3.28. The molecule has 8 heteroatoms. The molecule has 0 saturated heterocycles. The lowest BCUT2D eigenvalue weighted by Crippen LogP contribution is -2.43. The summed E-state index contributed by atoms with van der Waals surface area (Å²) in [5.74, 6) is 0.807. The zero-order chi connectivity index (χ0) is 18.0. The Morgan fingerprint density at radius 3 is 2.44 bits per heavy atom. The first kappa shape index (κ1) is 24.4. The molecular formula is C17H34IN5OS. The molecule has 1 aromatic rings. The molecule has 0 fully saturated rings. The van der Waals surface area contributed by atoms with E-state index in [1.54, 1.807) is 11.3 Å². The monoisotopic (exact) mass is 483 g/mol. The molecule has 1 aromatic heterocycles. The number of guanidine groups is 1. The second kappa shape index (κ2) is 12.7. The van der Waals surface area contributed by atoms with Gasteiger partial charge in [-0.1, -0.05) is 13.8 Å². The summed E-state index contributed by atoms with van der Waals surface area (Å²) in [4.78, 5) is 11.2. The number of rotatable bonds is 10. The van der Waals surface area contributed by atoms with Crippen molar-refractivity contribution < 1.29 is 5.11 Å². The molecule has 0 amide bonds. The molecule has 3 N–H and O–H groups in total. The van der Waals surface area contributed by atoms with Crippen LogP contribution < -0.4 is 15.5 Å². The van der Waals surface area contributed by atoms with Gasteiger partial charge in [-0.2, -0.15) is 0 Å². The average Bonchev–Trinajstić information content (AvgIpc) is 3.05. The van der Waals surface area contributed by atoms with Gasteiger partial charge in [0.25, 0.3) is 0 Å². The molecule has 0 aliphatic carbocycles. The Labute approximate surface area is 173 Å². The third kappa shape index (κ3) is 8.08. The Morgan fingerprint density at radius 2 is 1.96 bits per heavy atom. The number of aliphatic imine (C=N–C) groups is 1. The van der Waals surface area contributed by atoms with E-state index in [4.69, 9.17) is 0 Å². The first-order chi connectivity index (χ1) is 11.5. The van der Waals surface area contributed by atoms with Crippen LogP contribution in [0.4, 0.5) is 5.13 Å². The van der Waals surface area contributed by atoms with Gasteiger partial charge in [-0.25, -0.2) is 9.98 Å². The van der Waals surface area contributed by atoms with Gasteiger partial charge < -0.3 is 20.6 Å². The number of hydrogen-bond acceptors (Lipinski definition) is 5. The van der Waals surface area contributed by atoms with Crippen LogP contribution in [0.3, 0.4) is 0 Å². The molecular weight excluding hydrogens is 449 g/mol. The van der Waals surface area contributed by atoms with Crippen molar-refractivity contribution in [3.8, 4) is 0 Å². The van der Waals surface area contributed by atoms with E-state index in [1.807, 2.05) is 19.0 Å². The van der Waals surface area contributed by atoms with Crippen molar-refractivity contribution in [2.24, 2.45) is 10.4 Å². The summed E-state index contributed by atoms with van der Waals surface area (Å²) in [6.45, 7) is 8.84. The van der Waals surface area contributed by atoms with Crippen molar-refractivity contribution in [2.75, 3.05) is 38.7 Å². The molecule has 0 spiro atoms. The van der Waals surface area contributed by atoms with Crippen LogP contribution in [0.25, 0.3) is 0 Å². The molecule has 0 bridgehead atoms. The van der Waals surface area contributed by atoms with Crippen LogP contribution >= 0.6 is 35.3 Å². The van der Waals surface area contributed by atoms with Gasteiger partial charge in [0.05, 0.1) is 12.2 Å². The van der Waals surface area contributed by atoms with Gasteiger partial charge in [-0.05, 0) is 31.6 Å². The van der Waals surface area contributed by atoms with Gasteiger partial charge in [-0.15, -0.1) is 35.3 Å². The number of hydrogen-bond donors (Lipinski definition) is 3. The highest BCUT2D eigenvalue weighted by Crippen LogP contribution is 2.29. The number of thiazole rings is 1. The minimum Gasteiger partial charge on any atom is -0.396 e. The number of nitrogens with one attached hydrogen (secondary N) is 2. The normalized spacial score (nSPS) is 11.8. The van der Waals surface area contributed by atoms with Crippen LogP contribution in [0.1, 0.15) is 45.7 Å². The minimum absolute atomic E-state index is 0. The molecule has 0 aliphatic heterocycles. The molecule has 0 aromatic carbocycles. The van der Waals surface area contributed by atoms with Gasteiger partial charge >= 0.3 is 0 Å².